The van der Waals surface area contributed by atoms with E-state index < -0.39 is 66.9 Å². The van der Waals surface area contributed by atoms with Gasteiger partial charge in [0.05, 0.1) is 12.6 Å². The first-order valence-corrected chi connectivity index (χ1v) is 8.80. The second-order valence-electron chi connectivity index (χ2n) is 6.55. The Kier molecular flexibility index (Phi) is 8.79. The van der Waals surface area contributed by atoms with Crippen LogP contribution < -0.4 is 16.4 Å². The van der Waals surface area contributed by atoms with Crippen molar-refractivity contribution in [2.75, 3.05) is 13.2 Å². The van der Waals surface area contributed by atoms with E-state index in [4.69, 9.17) is 10.8 Å². The topological polar surface area (TPSA) is 199 Å². The number of carboxylic acid groups (broad SMARTS) is 2. The van der Waals surface area contributed by atoms with Gasteiger partial charge in [0.1, 0.15) is 18.1 Å². The maximum Gasteiger partial charge on any atom is 0.326 e. The summed E-state index contributed by atoms with van der Waals surface area (Å²) in [6, 6.07) is -4.70. The Balaban J connectivity index is 2.92. The molecule has 1 aliphatic rings. The van der Waals surface area contributed by atoms with Gasteiger partial charge in [0.25, 0.3) is 0 Å². The third kappa shape index (κ3) is 6.46. The Bertz CT molecular complexity index is 624. The summed E-state index contributed by atoms with van der Waals surface area (Å²) in [6.07, 6.45) is -0.00320. The van der Waals surface area contributed by atoms with Crippen LogP contribution in [-0.2, 0) is 24.0 Å². The number of carboxylic acids is 2. The molecular formula is C16H26N4O8. The fourth-order valence-electron chi connectivity index (χ4n) is 2.78. The highest BCUT2D eigenvalue weighted by atomic mass is 16.4. The quantitative estimate of drug-likeness (QED) is 0.224. The molecule has 7 N–H and O–H groups in total. The number of aliphatic hydroxyl groups is 1. The summed E-state index contributed by atoms with van der Waals surface area (Å²) in [7, 11) is 0. The number of carbonyl (C=O) groups is 5. The first-order valence-electron chi connectivity index (χ1n) is 8.80. The van der Waals surface area contributed by atoms with Gasteiger partial charge in [-0.25, -0.2) is 4.79 Å². The molecule has 0 aromatic rings. The van der Waals surface area contributed by atoms with Crippen molar-refractivity contribution in [2.45, 2.75) is 56.8 Å². The van der Waals surface area contributed by atoms with Gasteiger partial charge < -0.3 is 36.6 Å². The lowest BCUT2D eigenvalue weighted by molar-refractivity contribution is -0.150. The summed E-state index contributed by atoms with van der Waals surface area (Å²) in [5.41, 5.74) is 5.39. The minimum atomic E-state index is -1.40. The minimum Gasteiger partial charge on any atom is -0.481 e. The smallest absolute Gasteiger partial charge is 0.326 e. The van der Waals surface area contributed by atoms with Crippen LogP contribution in [0, 0.1) is 0 Å². The Morgan fingerprint density at radius 1 is 1.11 bits per heavy atom. The maximum atomic E-state index is 12.7. The zero-order chi connectivity index (χ0) is 21.4. The van der Waals surface area contributed by atoms with Crippen molar-refractivity contribution in [2.24, 2.45) is 5.73 Å². The lowest BCUT2D eigenvalue weighted by Crippen LogP contribution is -2.57. The van der Waals surface area contributed by atoms with Crippen LogP contribution in [0.5, 0.6) is 0 Å². The van der Waals surface area contributed by atoms with E-state index in [0.29, 0.717) is 6.42 Å². The molecule has 0 spiro atoms. The lowest BCUT2D eigenvalue weighted by Gasteiger charge is -2.28. The molecule has 12 nitrogen and oxygen atoms in total. The maximum absolute atomic E-state index is 12.7. The van der Waals surface area contributed by atoms with Gasteiger partial charge in [-0.15, -0.1) is 0 Å². The molecule has 0 bridgehead atoms. The van der Waals surface area contributed by atoms with Crippen LogP contribution in [0.25, 0.3) is 0 Å². The van der Waals surface area contributed by atoms with Crippen LogP contribution in [-0.4, -0.2) is 87.2 Å². The Labute approximate surface area is 161 Å². The number of rotatable bonds is 10. The van der Waals surface area contributed by atoms with Crippen molar-refractivity contribution < 1.29 is 39.3 Å². The van der Waals surface area contributed by atoms with Crippen LogP contribution in [0.2, 0.25) is 0 Å². The summed E-state index contributed by atoms with van der Waals surface area (Å²) in [5.74, 6) is -4.73. The predicted octanol–water partition coefficient (Wildman–Crippen LogP) is -2.76. The van der Waals surface area contributed by atoms with Gasteiger partial charge in [-0.05, 0) is 26.2 Å². The molecule has 1 aliphatic heterocycles. The van der Waals surface area contributed by atoms with Crippen LogP contribution in [0.3, 0.4) is 0 Å². The van der Waals surface area contributed by atoms with E-state index in [1.807, 2.05) is 0 Å². The fourth-order valence-corrected chi connectivity index (χ4v) is 2.78. The van der Waals surface area contributed by atoms with E-state index in [0.717, 1.165) is 4.90 Å². The number of amides is 3. The highest BCUT2D eigenvalue weighted by Crippen LogP contribution is 2.19. The molecule has 0 radical (unpaired) electrons. The second kappa shape index (κ2) is 10.6. The molecule has 0 saturated carbocycles. The van der Waals surface area contributed by atoms with Crippen molar-refractivity contribution >= 4 is 29.7 Å². The van der Waals surface area contributed by atoms with E-state index in [9.17, 15) is 34.2 Å². The zero-order valence-corrected chi connectivity index (χ0v) is 15.5. The average molecular weight is 402 g/mol. The molecule has 0 aromatic carbocycles. The Morgan fingerprint density at radius 2 is 1.71 bits per heavy atom. The normalized spacial score (nSPS) is 19.4. The molecule has 0 aliphatic carbocycles. The van der Waals surface area contributed by atoms with Crippen LogP contribution in [0.1, 0.15) is 32.6 Å². The summed E-state index contributed by atoms with van der Waals surface area (Å²) in [6.45, 7) is 0.770. The van der Waals surface area contributed by atoms with Gasteiger partial charge >= 0.3 is 11.9 Å². The van der Waals surface area contributed by atoms with Crippen LogP contribution >= 0.6 is 0 Å². The predicted molar refractivity (Wildman–Crippen MR) is 93.8 cm³/mol. The lowest BCUT2D eigenvalue weighted by atomic mass is 10.1. The van der Waals surface area contributed by atoms with Gasteiger partial charge in [-0.3, -0.25) is 19.2 Å². The first-order chi connectivity index (χ1) is 13.1. The number of carbonyl (C=O) groups excluding carboxylic acids is 3. The number of hydrogen-bond donors (Lipinski definition) is 6. The molecule has 12 heteroatoms. The third-order valence-corrected chi connectivity index (χ3v) is 4.31. The Hall–Kier alpha value is -2.73. The van der Waals surface area contributed by atoms with Crippen molar-refractivity contribution in [3.05, 3.63) is 0 Å². The summed E-state index contributed by atoms with van der Waals surface area (Å²) < 4.78 is 0. The van der Waals surface area contributed by atoms with Crippen LogP contribution in [0.15, 0.2) is 0 Å². The first kappa shape index (κ1) is 23.3. The molecule has 1 fully saturated rings. The van der Waals surface area contributed by atoms with Crippen molar-refractivity contribution in [1.29, 1.82) is 0 Å². The van der Waals surface area contributed by atoms with Crippen LogP contribution in [0.4, 0.5) is 0 Å². The van der Waals surface area contributed by atoms with Crippen molar-refractivity contribution in [3.8, 4) is 0 Å². The highest BCUT2D eigenvalue weighted by molar-refractivity contribution is 5.94. The Morgan fingerprint density at radius 3 is 2.21 bits per heavy atom. The molecule has 3 amide bonds. The number of nitrogens with two attached hydrogens (primary N) is 1. The average Bonchev–Trinajstić information content (AvgIpc) is 3.11. The number of likely N-dealkylation sites (tertiary alicyclic amines) is 1. The summed E-state index contributed by atoms with van der Waals surface area (Å²) in [5, 5.41) is 32.0. The van der Waals surface area contributed by atoms with Crippen molar-refractivity contribution in [3.63, 3.8) is 0 Å². The van der Waals surface area contributed by atoms with Gasteiger partial charge in [-0.2, -0.15) is 0 Å². The molecule has 158 valence electrons. The minimum absolute atomic E-state index is 0.167. The molecule has 4 unspecified atom stereocenters. The largest absolute Gasteiger partial charge is 0.481 e. The fraction of sp³-hybridized carbons (Fsp3) is 0.688. The number of hydrogen-bond acceptors (Lipinski definition) is 7. The molecule has 4 atom stereocenters. The SMILES string of the molecule is CC(N)C(=O)NC(CO)C(=O)NC(CCC(=O)O)C(=O)N1CCCC1C(=O)O. The standard InChI is InChI=1S/C16H26N4O8/c1-8(17)13(24)19-10(7-21)14(25)18-9(4-5-12(22)23)15(26)20-6-2-3-11(20)16(27)28/h8-11,21H,2-7,17H2,1H3,(H,18,25)(H,19,24)(H,22,23)(H,27,28). The number of nitrogens with one attached hydrogen (secondary N) is 2. The van der Waals surface area contributed by atoms with E-state index in [2.05, 4.69) is 10.6 Å². The molecule has 0 aromatic heterocycles. The number of aliphatic carboxylic acids is 2. The summed E-state index contributed by atoms with van der Waals surface area (Å²) in [4.78, 5) is 60.0. The number of nitrogens with zero attached hydrogens (tertiary/aromatic N) is 1. The molecule has 1 rings (SSSR count). The van der Waals surface area contributed by atoms with E-state index >= 15 is 0 Å². The van der Waals surface area contributed by atoms with Gasteiger partial charge in [0.15, 0.2) is 0 Å². The van der Waals surface area contributed by atoms with Crippen molar-refractivity contribution in [1.82, 2.24) is 15.5 Å². The molecular weight excluding hydrogens is 376 g/mol. The van der Waals surface area contributed by atoms with Gasteiger partial charge in [0, 0.05) is 13.0 Å². The zero-order valence-electron chi connectivity index (χ0n) is 15.5. The van der Waals surface area contributed by atoms with E-state index in [1.165, 1.54) is 6.92 Å². The van der Waals surface area contributed by atoms with Gasteiger partial charge in [0.2, 0.25) is 17.7 Å². The third-order valence-electron chi connectivity index (χ3n) is 4.31. The monoisotopic (exact) mass is 402 g/mol. The molecule has 28 heavy (non-hydrogen) atoms. The van der Waals surface area contributed by atoms with Gasteiger partial charge in [-0.1, -0.05) is 0 Å². The van der Waals surface area contributed by atoms with E-state index in [1.54, 1.807) is 0 Å². The number of aliphatic hydroxyl groups excluding tert-OH is 1. The highest BCUT2D eigenvalue weighted by Gasteiger charge is 2.38. The van der Waals surface area contributed by atoms with E-state index in [-0.39, 0.29) is 19.4 Å². The second-order valence-corrected chi connectivity index (χ2v) is 6.55. The molecule has 1 heterocycles. The summed E-state index contributed by atoms with van der Waals surface area (Å²) >= 11 is 0. The molecule has 1 saturated heterocycles.